The SMILES string of the molecule is CCCCOC(=O)c1cccc2c1OB(O)[C@@H](NC(=O)CCC(C)=O)C2. The van der Waals surface area contributed by atoms with Crippen molar-refractivity contribution >= 4 is 24.8 Å². The molecule has 0 radical (unpaired) electrons. The lowest BCUT2D eigenvalue weighted by atomic mass is 9.72. The molecule has 140 valence electrons. The van der Waals surface area contributed by atoms with Gasteiger partial charge in [-0.1, -0.05) is 25.5 Å². The van der Waals surface area contributed by atoms with Crippen molar-refractivity contribution in [3.63, 3.8) is 0 Å². The first-order chi connectivity index (χ1) is 12.4. The standard InChI is InChI=1S/C18H24BNO6/c1-3-4-10-25-18(23)14-7-5-6-13-11-15(19(24)26-17(13)14)20-16(22)9-8-12(2)21/h5-7,15,24H,3-4,8-11H2,1-2H3,(H,20,22)/t15-/m0/s1. The van der Waals surface area contributed by atoms with Crippen molar-refractivity contribution in [2.75, 3.05) is 6.61 Å². The first kappa shape index (κ1) is 20.0. The fourth-order valence-corrected chi connectivity index (χ4v) is 2.66. The molecule has 26 heavy (non-hydrogen) atoms. The van der Waals surface area contributed by atoms with Crippen LogP contribution >= 0.6 is 0 Å². The van der Waals surface area contributed by atoms with E-state index in [1.54, 1.807) is 18.2 Å². The van der Waals surface area contributed by atoms with Gasteiger partial charge in [0.05, 0.1) is 12.5 Å². The minimum atomic E-state index is -1.28. The molecule has 1 heterocycles. The Morgan fingerprint density at radius 2 is 2.12 bits per heavy atom. The number of fused-ring (bicyclic) bond motifs is 1. The summed E-state index contributed by atoms with van der Waals surface area (Å²) in [5, 5.41) is 12.9. The van der Waals surface area contributed by atoms with Gasteiger partial charge in [0.1, 0.15) is 17.1 Å². The Bertz CT molecular complexity index is 678. The van der Waals surface area contributed by atoms with Crippen LogP contribution in [0.4, 0.5) is 0 Å². The summed E-state index contributed by atoms with van der Waals surface area (Å²) in [5.41, 5.74) is 0.969. The minimum Gasteiger partial charge on any atom is -0.534 e. The third-order valence-electron chi connectivity index (χ3n) is 4.12. The highest BCUT2D eigenvalue weighted by Crippen LogP contribution is 2.30. The molecule has 8 heteroatoms. The Morgan fingerprint density at radius 1 is 1.35 bits per heavy atom. The van der Waals surface area contributed by atoms with Crippen LogP contribution in [0, 0.1) is 0 Å². The topological polar surface area (TPSA) is 102 Å². The fraction of sp³-hybridized carbons (Fsp3) is 0.500. The predicted molar refractivity (Wildman–Crippen MR) is 95.8 cm³/mol. The van der Waals surface area contributed by atoms with Crippen molar-refractivity contribution in [2.24, 2.45) is 0 Å². The van der Waals surface area contributed by atoms with Crippen LogP contribution in [-0.4, -0.2) is 42.4 Å². The van der Waals surface area contributed by atoms with E-state index in [-0.39, 0.29) is 35.8 Å². The molecule has 2 N–H and O–H groups in total. The van der Waals surface area contributed by atoms with E-state index in [1.807, 2.05) is 6.92 Å². The highest BCUT2D eigenvalue weighted by Gasteiger charge is 2.37. The number of carbonyl (C=O) groups excluding carboxylic acids is 3. The number of unbranched alkanes of at least 4 members (excludes halogenated alkanes) is 1. The number of hydrogen-bond donors (Lipinski definition) is 2. The number of hydrogen-bond acceptors (Lipinski definition) is 6. The van der Waals surface area contributed by atoms with Gasteiger partial charge in [0.2, 0.25) is 5.91 Å². The largest absolute Gasteiger partial charge is 0.547 e. The van der Waals surface area contributed by atoms with Gasteiger partial charge in [-0.25, -0.2) is 4.79 Å². The molecule has 0 fully saturated rings. The van der Waals surface area contributed by atoms with Gasteiger partial charge >= 0.3 is 13.1 Å². The summed E-state index contributed by atoms with van der Waals surface area (Å²) in [7, 11) is -1.28. The van der Waals surface area contributed by atoms with Crippen LogP contribution < -0.4 is 9.97 Å². The van der Waals surface area contributed by atoms with E-state index in [4.69, 9.17) is 9.39 Å². The lowest BCUT2D eigenvalue weighted by Crippen LogP contribution is -2.53. The molecule has 0 aliphatic carbocycles. The lowest BCUT2D eigenvalue weighted by molar-refractivity contribution is -0.124. The number of rotatable bonds is 8. The number of ether oxygens (including phenoxy) is 1. The molecule has 0 saturated carbocycles. The number of ketones is 1. The summed E-state index contributed by atoms with van der Waals surface area (Å²) in [5.74, 6) is -1.25. The van der Waals surface area contributed by atoms with Crippen molar-refractivity contribution in [1.29, 1.82) is 0 Å². The van der Waals surface area contributed by atoms with Gasteiger partial charge in [-0.3, -0.25) is 4.79 Å². The molecule has 1 atom stereocenters. The van der Waals surface area contributed by atoms with Crippen LogP contribution in [0.2, 0.25) is 0 Å². The molecule has 0 aromatic heterocycles. The van der Waals surface area contributed by atoms with Crippen LogP contribution in [-0.2, 0) is 20.7 Å². The van der Waals surface area contributed by atoms with Crippen LogP contribution in [0.3, 0.4) is 0 Å². The molecule has 2 rings (SSSR count). The second-order valence-electron chi connectivity index (χ2n) is 6.37. The van der Waals surface area contributed by atoms with Crippen LogP contribution in [0.15, 0.2) is 18.2 Å². The minimum absolute atomic E-state index is 0.0647. The summed E-state index contributed by atoms with van der Waals surface area (Å²) < 4.78 is 10.7. The van der Waals surface area contributed by atoms with E-state index in [0.717, 1.165) is 12.8 Å². The van der Waals surface area contributed by atoms with Crippen molar-refractivity contribution in [1.82, 2.24) is 5.32 Å². The molecule has 1 aromatic rings. The highest BCUT2D eigenvalue weighted by molar-refractivity contribution is 6.47. The molecule has 0 spiro atoms. The maximum Gasteiger partial charge on any atom is 0.547 e. The molecular formula is C18H24BNO6. The van der Waals surface area contributed by atoms with Crippen molar-refractivity contribution in [3.8, 4) is 5.75 Å². The maximum absolute atomic E-state index is 12.2. The first-order valence-corrected chi connectivity index (χ1v) is 8.85. The smallest absolute Gasteiger partial charge is 0.534 e. The second kappa shape index (κ2) is 9.38. The average Bonchev–Trinajstić information content (AvgIpc) is 2.60. The average molecular weight is 361 g/mol. The van der Waals surface area contributed by atoms with Gasteiger partial charge in [0, 0.05) is 12.8 Å². The summed E-state index contributed by atoms with van der Waals surface area (Å²) >= 11 is 0. The van der Waals surface area contributed by atoms with Gasteiger partial charge in [0.15, 0.2) is 0 Å². The molecule has 1 aromatic carbocycles. The molecular weight excluding hydrogens is 337 g/mol. The lowest BCUT2D eigenvalue weighted by Gasteiger charge is -2.29. The Labute approximate surface area is 153 Å². The zero-order chi connectivity index (χ0) is 19.1. The van der Waals surface area contributed by atoms with Gasteiger partial charge in [-0.2, -0.15) is 0 Å². The molecule has 0 saturated heterocycles. The summed E-state index contributed by atoms with van der Waals surface area (Å²) in [6, 6.07) is 5.08. The van der Waals surface area contributed by atoms with Crippen LogP contribution in [0.25, 0.3) is 0 Å². The van der Waals surface area contributed by atoms with E-state index in [9.17, 15) is 19.4 Å². The monoisotopic (exact) mass is 361 g/mol. The number of amides is 1. The maximum atomic E-state index is 12.2. The van der Waals surface area contributed by atoms with E-state index in [0.29, 0.717) is 18.6 Å². The van der Waals surface area contributed by atoms with Crippen LogP contribution in [0.5, 0.6) is 5.75 Å². The zero-order valence-electron chi connectivity index (χ0n) is 15.1. The number of para-hydroxylation sites is 1. The Morgan fingerprint density at radius 3 is 2.81 bits per heavy atom. The quantitative estimate of drug-likeness (QED) is 0.413. The van der Waals surface area contributed by atoms with E-state index in [1.165, 1.54) is 6.92 Å². The Balaban J connectivity index is 2.05. The Kier molecular flexibility index (Phi) is 7.21. The summed E-state index contributed by atoms with van der Waals surface area (Å²) in [6.07, 6.45) is 2.23. The second-order valence-corrected chi connectivity index (χ2v) is 6.37. The number of carbonyl (C=O) groups is 3. The zero-order valence-corrected chi connectivity index (χ0v) is 15.1. The fourth-order valence-electron chi connectivity index (χ4n) is 2.66. The first-order valence-electron chi connectivity index (χ1n) is 8.85. The predicted octanol–water partition coefficient (Wildman–Crippen LogP) is 1.45. The van der Waals surface area contributed by atoms with Gasteiger partial charge in [0.25, 0.3) is 0 Å². The molecule has 1 amide bonds. The van der Waals surface area contributed by atoms with E-state index < -0.39 is 19.0 Å². The summed E-state index contributed by atoms with van der Waals surface area (Å²) in [6.45, 7) is 3.75. The number of benzene rings is 1. The summed E-state index contributed by atoms with van der Waals surface area (Å²) in [4.78, 5) is 35.1. The van der Waals surface area contributed by atoms with Crippen LogP contribution in [0.1, 0.15) is 55.5 Å². The van der Waals surface area contributed by atoms with E-state index in [2.05, 4.69) is 5.32 Å². The van der Waals surface area contributed by atoms with E-state index >= 15 is 0 Å². The normalized spacial score (nSPS) is 15.7. The highest BCUT2D eigenvalue weighted by atomic mass is 16.5. The Hall–Kier alpha value is -2.35. The molecule has 0 unspecified atom stereocenters. The number of esters is 1. The number of Topliss-reactive ketones (excluding diaryl/α,β-unsaturated/α-hetero) is 1. The molecule has 1 aliphatic heterocycles. The third-order valence-corrected chi connectivity index (χ3v) is 4.12. The molecule has 0 bridgehead atoms. The molecule has 7 nitrogen and oxygen atoms in total. The number of nitrogens with one attached hydrogen (secondary N) is 1. The van der Waals surface area contributed by atoms with Crippen molar-refractivity contribution in [3.05, 3.63) is 29.3 Å². The third kappa shape index (κ3) is 5.32. The molecule has 1 aliphatic rings. The van der Waals surface area contributed by atoms with Gasteiger partial charge in [-0.05, 0) is 31.4 Å². The van der Waals surface area contributed by atoms with Gasteiger partial charge < -0.3 is 24.5 Å². The van der Waals surface area contributed by atoms with Gasteiger partial charge in [-0.15, -0.1) is 0 Å². The van der Waals surface area contributed by atoms with Crippen molar-refractivity contribution < 1.29 is 28.8 Å². The van der Waals surface area contributed by atoms with Crippen molar-refractivity contribution in [2.45, 2.75) is 51.9 Å².